The molecule has 21 heavy (non-hydrogen) atoms. The summed E-state index contributed by atoms with van der Waals surface area (Å²) in [5.41, 5.74) is 0.643. The summed E-state index contributed by atoms with van der Waals surface area (Å²) in [7, 11) is 1.63. The second kappa shape index (κ2) is 7.43. The molecule has 1 aromatic rings. The van der Waals surface area contributed by atoms with Gasteiger partial charge in [0.25, 0.3) is 5.91 Å². The maximum Gasteiger partial charge on any atom is 0.253 e. The molecule has 2 rings (SSSR count). The molecule has 0 heterocycles. The van der Waals surface area contributed by atoms with Crippen molar-refractivity contribution in [2.24, 2.45) is 11.8 Å². The molecule has 2 N–H and O–H groups in total. The maximum absolute atomic E-state index is 13.6. The van der Waals surface area contributed by atoms with Crippen LogP contribution < -0.4 is 10.6 Å². The molecular formula is C17H25FN2O. The number of carbonyl (C=O) groups excluding carboxylic acids is 1. The first-order valence-electron chi connectivity index (χ1n) is 7.90. The molecule has 0 saturated heterocycles. The Bertz CT molecular complexity index is 482. The summed E-state index contributed by atoms with van der Waals surface area (Å²) in [4.78, 5) is 12.2. The highest BCUT2D eigenvalue weighted by Gasteiger charge is 2.21. The number of halogens is 1. The van der Waals surface area contributed by atoms with Crippen molar-refractivity contribution in [3.05, 3.63) is 29.6 Å². The van der Waals surface area contributed by atoms with Gasteiger partial charge in [-0.3, -0.25) is 4.79 Å². The molecule has 1 saturated carbocycles. The Morgan fingerprint density at radius 1 is 1.24 bits per heavy atom. The van der Waals surface area contributed by atoms with Crippen molar-refractivity contribution >= 4 is 11.6 Å². The fourth-order valence-corrected chi connectivity index (χ4v) is 3.14. The first-order chi connectivity index (χ1) is 10.2. The molecule has 116 valence electrons. The molecule has 0 unspecified atom stereocenters. The van der Waals surface area contributed by atoms with Gasteiger partial charge in [0.1, 0.15) is 5.82 Å². The second-order valence-electron chi connectivity index (χ2n) is 5.92. The summed E-state index contributed by atoms with van der Waals surface area (Å²) in [6.07, 6.45) is 6.15. The quantitative estimate of drug-likeness (QED) is 0.866. The monoisotopic (exact) mass is 292 g/mol. The van der Waals surface area contributed by atoms with Gasteiger partial charge in [0, 0.05) is 13.6 Å². The van der Waals surface area contributed by atoms with Gasteiger partial charge in [-0.25, -0.2) is 4.39 Å². The molecule has 1 aliphatic rings. The molecule has 1 amide bonds. The van der Waals surface area contributed by atoms with Gasteiger partial charge in [-0.1, -0.05) is 32.3 Å². The predicted octanol–water partition coefficient (Wildman–Crippen LogP) is 3.81. The minimum absolute atomic E-state index is 0.198. The molecule has 0 bridgehead atoms. The zero-order chi connectivity index (χ0) is 15.2. The van der Waals surface area contributed by atoms with Crippen LogP contribution in [0.1, 0.15) is 49.4 Å². The van der Waals surface area contributed by atoms with Crippen molar-refractivity contribution in [2.45, 2.75) is 39.0 Å². The number of rotatable bonds is 5. The lowest BCUT2D eigenvalue weighted by atomic mass is 9.81. The molecule has 1 fully saturated rings. The first-order valence-corrected chi connectivity index (χ1v) is 7.90. The van der Waals surface area contributed by atoms with E-state index in [2.05, 4.69) is 17.6 Å². The highest BCUT2D eigenvalue weighted by molar-refractivity contribution is 5.99. The Morgan fingerprint density at radius 3 is 2.52 bits per heavy atom. The zero-order valence-electron chi connectivity index (χ0n) is 12.9. The van der Waals surface area contributed by atoms with E-state index in [-0.39, 0.29) is 11.6 Å². The number of nitrogens with one attached hydrogen (secondary N) is 2. The van der Waals surface area contributed by atoms with Crippen molar-refractivity contribution in [3.63, 3.8) is 0 Å². The van der Waals surface area contributed by atoms with E-state index >= 15 is 0 Å². The van der Waals surface area contributed by atoms with Gasteiger partial charge in [0.15, 0.2) is 0 Å². The Balaban J connectivity index is 1.89. The standard InChI is InChI=1S/C17H25FN2O/c1-3-12-7-9-13(10-8-12)11-20-17(21)14-5-4-6-15(18)16(14)19-2/h4-6,12-13,19H,3,7-11H2,1-2H3,(H,20,21). The summed E-state index contributed by atoms with van der Waals surface area (Å²) < 4.78 is 13.6. The minimum atomic E-state index is -0.395. The van der Waals surface area contributed by atoms with E-state index in [9.17, 15) is 9.18 Å². The smallest absolute Gasteiger partial charge is 0.253 e. The third-order valence-electron chi connectivity index (χ3n) is 4.60. The van der Waals surface area contributed by atoms with Crippen molar-refractivity contribution in [2.75, 3.05) is 18.9 Å². The van der Waals surface area contributed by atoms with Crippen LogP contribution >= 0.6 is 0 Å². The number of para-hydroxylation sites is 1. The minimum Gasteiger partial charge on any atom is -0.385 e. The van der Waals surface area contributed by atoms with Crippen molar-refractivity contribution < 1.29 is 9.18 Å². The number of hydrogen-bond donors (Lipinski definition) is 2. The van der Waals surface area contributed by atoms with Crippen LogP contribution in [-0.4, -0.2) is 19.5 Å². The summed E-state index contributed by atoms with van der Waals surface area (Å²) >= 11 is 0. The Kier molecular flexibility index (Phi) is 5.59. The summed E-state index contributed by atoms with van der Waals surface area (Å²) in [6.45, 7) is 2.94. The number of anilines is 1. The highest BCUT2D eigenvalue weighted by Crippen LogP contribution is 2.30. The third-order valence-corrected chi connectivity index (χ3v) is 4.60. The summed E-state index contributed by atoms with van der Waals surface area (Å²) in [6, 6.07) is 4.57. The van der Waals surface area contributed by atoms with E-state index in [0.717, 1.165) is 5.92 Å². The average Bonchev–Trinajstić information content (AvgIpc) is 2.52. The van der Waals surface area contributed by atoms with Gasteiger partial charge in [-0.15, -0.1) is 0 Å². The molecule has 0 aromatic heterocycles. The summed E-state index contributed by atoms with van der Waals surface area (Å²) in [5.74, 6) is 0.824. The normalized spacial score (nSPS) is 21.9. The van der Waals surface area contributed by atoms with Crippen LogP contribution in [0.2, 0.25) is 0 Å². The van der Waals surface area contributed by atoms with Gasteiger partial charge in [-0.2, -0.15) is 0 Å². The van der Waals surface area contributed by atoms with Crippen LogP contribution in [0.5, 0.6) is 0 Å². The van der Waals surface area contributed by atoms with Gasteiger partial charge >= 0.3 is 0 Å². The van der Waals surface area contributed by atoms with E-state index in [0.29, 0.717) is 18.0 Å². The lowest BCUT2D eigenvalue weighted by molar-refractivity contribution is 0.0941. The van der Waals surface area contributed by atoms with Crippen molar-refractivity contribution in [1.82, 2.24) is 5.32 Å². The SMILES string of the molecule is CCC1CCC(CNC(=O)c2cccc(F)c2NC)CC1. The van der Waals surface area contributed by atoms with Crippen molar-refractivity contribution in [1.29, 1.82) is 0 Å². The molecule has 1 aromatic carbocycles. The third kappa shape index (κ3) is 3.96. The second-order valence-corrected chi connectivity index (χ2v) is 5.92. The molecule has 1 aliphatic carbocycles. The predicted molar refractivity (Wildman–Crippen MR) is 84.0 cm³/mol. The van der Waals surface area contributed by atoms with Crippen LogP contribution in [0, 0.1) is 17.7 Å². The largest absolute Gasteiger partial charge is 0.385 e. The van der Waals surface area contributed by atoms with E-state index in [1.54, 1.807) is 19.2 Å². The topological polar surface area (TPSA) is 41.1 Å². The molecule has 3 nitrogen and oxygen atoms in total. The van der Waals surface area contributed by atoms with Crippen LogP contribution in [0.25, 0.3) is 0 Å². The molecule has 0 atom stereocenters. The fourth-order valence-electron chi connectivity index (χ4n) is 3.14. The van der Waals surface area contributed by atoms with Gasteiger partial charge < -0.3 is 10.6 Å². The van der Waals surface area contributed by atoms with Crippen molar-refractivity contribution in [3.8, 4) is 0 Å². The lowest BCUT2D eigenvalue weighted by Gasteiger charge is -2.27. The Hall–Kier alpha value is -1.58. The molecule has 0 radical (unpaired) electrons. The molecule has 4 heteroatoms. The van der Waals surface area contributed by atoms with Gasteiger partial charge in [0.2, 0.25) is 0 Å². The summed E-state index contributed by atoms with van der Waals surface area (Å²) in [5, 5.41) is 5.72. The van der Waals surface area contributed by atoms with Gasteiger partial charge in [-0.05, 0) is 36.8 Å². The first kappa shape index (κ1) is 15.8. The number of amides is 1. The zero-order valence-corrected chi connectivity index (χ0v) is 12.9. The van der Waals surface area contributed by atoms with Crippen LogP contribution in [-0.2, 0) is 0 Å². The van der Waals surface area contributed by atoms with Crippen LogP contribution in [0.3, 0.4) is 0 Å². The number of benzene rings is 1. The average molecular weight is 292 g/mol. The number of hydrogen-bond acceptors (Lipinski definition) is 2. The highest BCUT2D eigenvalue weighted by atomic mass is 19.1. The Morgan fingerprint density at radius 2 is 1.90 bits per heavy atom. The fraction of sp³-hybridized carbons (Fsp3) is 0.588. The van der Waals surface area contributed by atoms with Gasteiger partial charge in [0.05, 0.1) is 11.3 Å². The molecule has 0 aliphatic heterocycles. The van der Waals surface area contributed by atoms with E-state index in [1.807, 2.05) is 0 Å². The molecular weight excluding hydrogens is 267 g/mol. The van der Waals surface area contributed by atoms with Crippen LogP contribution in [0.4, 0.5) is 10.1 Å². The van der Waals surface area contributed by atoms with E-state index in [4.69, 9.17) is 0 Å². The Labute approximate surface area is 126 Å². The molecule has 0 spiro atoms. The van der Waals surface area contributed by atoms with E-state index in [1.165, 1.54) is 38.2 Å². The van der Waals surface area contributed by atoms with Crippen LogP contribution in [0.15, 0.2) is 18.2 Å². The van der Waals surface area contributed by atoms with E-state index < -0.39 is 5.82 Å². The maximum atomic E-state index is 13.6. The number of carbonyl (C=O) groups is 1. The lowest BCUT2D eigenvalue weighted by Crippen LogP contribution is -2.31.